The van der Waals surface area contributed by atoms with E-state index < -0.39 is 0 Å². The highest BCUT2D eigenvalue weighted by molar-refractivity contribution is 7.99. The molecule has 4 aromatic carbocycles. The van der Waals surface area contributed by atoms with E-state index in [0.717, 1.165) is 38.0 Å². The molecule has 1 aliphatic heterocycles. The van der Waals surface area contributed by atoms with Gasteiger partial charge in [-0.1, -0.05) is 53.6 Å². The molecule has 0 aliphatic carbocycles. The molecule has 4 aromatic rings. The van der Waals surface area contributed by atoms with E-state index in [9.17, 15) is 4.39 Å². The lowest BCUT2D eigenvalue weighted by molar-refractivity contribution is 0.624. The minimum Gasteiger partial charge on any atom is -0.308 e. The van der Waals surface area contributed by atoms with Crippen molar-refractivity contribution in [3.8, 4) is 17.2 Å². The maximum atomic E-state index is 13.9. The topological polar surface area (TPSA) is 27.0 Å². The van der Waals surface area contributed by atoms with Gasteiger partial charge in [-0.15, -0.1) is 0 Å². The van der Waals surface area contributed by atoms with Gasteiger partial charge in [0.1, 0.15) is 13.7 Å². The molecular weight excluding hydrogens is 390 g/mol. The molecule has 2 radical (unpaired) electrons. The third-order valence-corrected chi connectivity index (χ3v) is 6.17. The van der Waals surface area contributed by atoms with E-state index in [2.05, 4.69) is 35.2 Å². The fourth-order valence-electron chi connectivity index (χ4n) is 3.62. The SMILES string of the molecule is [B]c1ccc2c(c1)Sc1cc(F)ccc1N2c1ccc(-c2ccc(C#N)cc2)cc1. The maximum absolute atomic E-state index is 13.9. The predicted molar refractivity (Wildman–Crippen MR) is 121 cm³/mol. The molecule has 30 heavy (non-hydrogen) atoms. The molecular formula is C25H14BFN2S. The normalized spacial score (nSPS) is 12.1. The number of halogens is 1. The molecule has 0 bridgehead atoms. The zero-order valence-electron chi connectivity index (χ0n) is 15.8. The lowest BCUT2D eigenvalue weighted by atomic mass is 9.96. The Morgan fingerprint density at radius 1 is 0.767 bits per heavy atom. The number of nitrogens with zero attached hydrogens (tertiary/aromatic N) is 2. The van der Waals surface area contributed by atoms with E-state index in [1.807, 2.05) is 48.5 Å². The zero-order valence-corrected chi connectivity index (χ0v) is 16.7. The van der Waals surface area contributed by atoms with Crippen molar-refractivity contribution in [3.63, 3.8) is 0 Å². The van der Waals surface area contributed by atoms with Gasteiger partial charge in [0.15, 0.2) is 0 Å². The Balaban J connectivity index is 1.59. The molecule has 2 nitrogen and oxygen atoms in total. The van der Waals surface area contributed by atoms with E-state index in [0.29, 0.717) is 11.0 Å². The van der Waals surface area contributed by atoms with Crippen LogP contribution in [0.25, 0.3) is 11.1 Å². The van der Waals surface area contributed by atoms with Gasteiger partial charge in [-0.05, 0) is 59.7 Å². The molecule has 0 unspecified atom stereocenters. The highest BCUT2D eigenvalue weighted by Crippen LogP contribution is 2.51. The number of benzene rings is 4. The van der Waals surface area contributed by atoms with E-state index in [-0.39, 0.29) is 5.82 Å². The third kappa shape index (κ3) is 3.26. The number of hydrogen-bond acceptors (Lipinski definition) is 3. The summed E-state index contributed by atoms with van der Waals surface area (Å²) in [6, 6.07) is 28.5. The largest absolute Gasteiger partial charge is 0.308 e. The first-order valence-corrected chi connectivity index (χ1v) is 10.2. The molecule has 0 fully saturated rings. The Morgan fingerprint density at radius 3 is 2.03 bits per heavy atom. The number of rotatable bonds is 2. The minimum atomic E-state index is -0.260. The van der Waals surface area contributed by atoms with Crippen LogP contribution in [0, 0.1) is 17.1 Å². The standard InChI is InChI=1S/C25H14BFN2S/c26-19-7-11-22-24(13-19)30-25-14-20(27)8-12-23(25)29(22)21-9-5-18(6-10-21)17-3-1-16(15-28)2-4-17/h1-14H. The molecule has 1 heterocycles. The molecule has 0 aromatic heterocycles. The van der Waals surface area contributed by atoms with Gasteiger partial charge in [0.25, 0.3) is 0 Å². The van der Waals surface area contributed by atoms with Crippen LogP contribution in [0.3, 0.4) is 0 Å². The summed E-state index contributed by atoms with van der Waals surface area (Å²) in [6.45, 7) is 0. The van der Waals surface area contributed by atoms with Crippen LogP contribution in [0.5, 0.6) is 0 Å². The summed E-state index contributed by atoms with van der Waals surface area (Å²) < 4.78 is 13.9. The fourth-order valence-corrected chi connectivity index (χ4v) is 4.75. The second kappa shape index (κ2) is 7.40. The van der Waals surface area contributed by atoms with Crippen molar-refractivity contribution < 1.29 is 4.39 Å². The average Bonchev–Trinajstić information content (AvgIpc) is 2.77. The predicted octanol–water partition coefficient (Wildman–Crippen LogP) is 6.09. The molecule has 0 spiro atoms. The summed E-state index contributed by atoms with van der Waals surface area (Å²) in [7, 11) is 5.99. The summed E-state index contributed by atoms with van der Waals surface area (Å²) in [4.78, 5) is 3.97. The molecule has 0 amide bonds. The monoisotopic (exact) mass is 404 g/mol. The Kier molecular flexibility index (Phi) is 4.57. The van der Waals surface area contributed by atoms with Gasteiger partial charge in [-0.2, -0.15) is 5.26 Å². The molecule has 5 heteroatoms. The Hall–Kier alpha value is -3.49. The van der Waals surface area contributed by atoms with Crippen LogP contribution < -0.4 is 10.4 Å². The maximum Gasteiger partial charge on any atom is 0.124 e. The van der Waals surface area contributed by atoms with E-state index >= 15 is 0 Å². The van der Waals surface area contributed by atoms with E-state index in [1.54, 1.807) is 6.07 Å². The molecule has 0 saturated carbocycles. The van der Waals surface area contributed by atoms with Gasteiger partial charge in [0, 0.05) is 15.5 Å². The van der Waals surface area contributed by atoms with Gasteiger partial charge in [0.2, 0.25) is 0 Å². The molecule has 0 saturated heterocycles. The fraction of sp³-hybridized carbons (Fsp3) is 0. The summed E-state index contributed by atoms with van der Waals surface area (Å²) in [6.07, 6.45) is 0. The van der Waals surface area contributed by atoms with Crippen LogP contribution in [-0.2, 0) is 0 Å². The van der Waals surface area contributed by atoms with Crippen molar-refractivity contribution in [2.45, 2.75) is 9.79 Å². The summed E-state index contributed by atoms with van der Waals surface area (Å²) in [5, 5.41) is 8.99. The van der Waals surface area contributed by atoms with Crippen molar-refractivity contribution in [1.29, 1.82) is 5.26 Å². The smallest absolute Gasteiger partial charge is 0.124 e. The van der Waals surface area contributed by atoms with Gasteiger partial charge >= 0.3 is 0 Å². The molecule has 0 N–H and O–H groups in total. The Labute approximate surface area is 180 Å². The van der Waals surface area contributed by atoms with Crippen molar-refractivity contribution in [1.82, 2.24) is 0 Å². The average molecular weight is 404 g/mol. The lowest BCUT2D eigenvalue weighted by Gasteiger charge is -2.33. The Bertz CT molecular complexity index is 1240. The van der Waals surface area contributed by atoms with Crippen LogP contribution in [0.4, 0.5) is 21.5 Å². The molecule has 0 atom stereocenters. The summed E-state index contributed by atoms with van der Waals surface area (Å²) in [5.74, 6) is -0.260. The van der Waals surface area contributed by atoms with Crippen molar-refractivity contribution in [3.05, 3.63) is 96.3 Å². The summed E-state index contributed by atoms with van der Waals surface area (Å²) in [5.41, 5.74) is 6.35. The van der Waals surface area contributed by atoms with Crippen LogP contribution >= 0.6 is 11.8 Å². The van der Waals surface area contributed by atoms with Crippen LogP contribution in [0.2, 0.25) is 0 Å². The van der Waals surface area contributed by atoms with Crippen LogP contribution in [0.1, 0.15) is 5.56 Å². The molecule has 140 valence electrons. The molecule has 1 aliphatic rings. The van der Waals surface area contributed by atoms with Gasteiger partial charge < -0.3 is 4.90 Å². The Morgan fingerprint density at radius 2 is 1.37 bits per heavy atom. The van der Waals surface area contributed by atoms with Crippen LogP contribution in [0.15, 0.2) is 94.7 Å². The first-order valence-electron chi connectivity index (χ1n) is 9.40. The second-order valence-corrected chi connectivity index (χ2v) is 8.10. The number of fused-ring (bicyclic) bond motifs is 2. The number of nitriles is 1. The molecule has 5 rings (SSSR count). The van der Waals surface area contributed by atoms with Crippen molar-refractivity contribution in [2.75, 3.05) is 4.90 Å². The highest BCUT2D eigenvalue weighted by Gasteiger charge is 2.25. The van der Waals surface area contributed by atoms with Gasteiger partial charge in [0.05, 0.1) is 23.0 Å². The van der Waals surface area contributed by atoms with Crippen LogP contribution in [-0.4, -0.2) is 7.85 Å². The first kappa shape index (κ1) is 18.5. The lowest BCUT2D eigenvalue weighted by Crippen LogP contribution is -2.16. The van der Waals surface area contributed by atoms with Crippen molar-refractivity contribution >= 4 is 42.1 Å². The van der Waals surface area contributed by atoms with Crippen molar-refractivity contribution in [2.24, 2.45) is 0 Å². The highest BCUT2D eigenvalue weighted by atomic mass is 32.2. The third-order valence-electron chi connectivity index (χ3n) is 5.08. The minimum absolute atomic E-state index is 0.260. The second-order valence-electron chi connectivity index (χ2n) is 7.01. The zero-order chi connectivity index (χ0) is 20.7. The van der Waals surface area contributed by atoms with Gasteiger partial charge in [-0.3, -0.25) is 0 Å². The number of anilines is 3. The quantitative estimate of drug-likeness (QED) is 0.333. The van der Waals surface area contributed by atoms with Gasteiger partial charge in [-0.25, -0.2) is 4.39 Å². The summed E-state index contributed by atoms with van der Waals surface area (Å²) >= 11 is 1.52. The van der Waals surface area contributed by atoms with E-state index in [4.69, 9.17) is 13.1 Å². The first-order chi connectivity index (χ1) is 14.6. The number of hydrogen-bond donors (Lipinski definition) is 0. The van der Waals surface area contributed by atoms with E-state index in [1.165, 1.54) is 17.8 Å².